The Morgan fingerprint density at radius 3 is 2.78 bits per heavy atom. The van der Waals surface area contributed by atoms with Gasteiger partial charge in [-0.05, 0) is 44.0 Å². The lowest BCUT2D eigenvalue weighted by molar-refractivity contribution is -0.116. The number of carbonyl (C=O) groups is 2. The number of hydrogen-bond acceptors (Lipinski definition) is 4. The van der Waals surface area contributed by atoms with E-state index in [9.17, 15) is 9.59 Å². The summed E-state index contributed by atoms with van der Waals surface area (Å²) in [5, 5.41) is 8.59. The summed E-state index contributed by atoms with van der Waals surface area (Å²) in [6.07, 6.45) is 2.52. The lowest BCUT2D eigenvalue weighted by Crippen LogP contribution is -2.20. The molecular formula is C15H23ClN4O3. The Hall–Kier alpha value is -1.99. The van der Waals surface area contributed by atoms with Crippen molar-refractivity contribution in [2.75, 3.05) is 30.8 Å². The summed E-state index contributed by atoms with van der Waals surface area (Å²) in [4.78, 5) is 22.9. The van der Waals surface area contributed by atoms with Gasteiger partial charge in [-0.3, -0.25) is 4.79 Å². The SMILES string of the molecule is COc1cc(NC(=O)CCC2CCNC2)ccc1NC(N)=O.Cl. The van der Waals surface area contributed by atoms with Gasteiger partial charge >= 0.3 is 6.03 Å². The number of methoxy groups -OCH3 is 1. The molecule has 1 aromatic rings. The van der Waals surface area contributed by atoms with E-state index >= 15 is 0 Å². The number of ether oxygens (including phenoxy) is 1. The number of amides is 3. The van der Waals surface area contributed by atoms with Gasteiger partial charge in [0.15, 0.2) is 0 Å². The van der Waals surface area contributed by atoms with Crippen LogP contribution < -0.4 is 26.4 Å². The number of nitrogens with one attached hydrogen (secondary N) is 3. The van der Waals surface area contributed by atoms with Gasteiger partial charge in [0.2, 0.25) is 5.91 Å². The van der Waals surface area contributed by atoms with Crippen LogP contribution in [0.15, 0.2) is 18.2 Å². The van der Waals surface area contributed by atoms with Crippen LogP contribution in [0.2, 0.25) is 0 Å². The molecule has 7 nitrogen and oxygen atoms in total. The zero-order valence-electron chi connectivity index (χ0n) is 13.1. The number of nitrogens with two attached hydrogens (primary N) is 1. The van der Waals surface area contributed by atoms with Crippen LogP contribution in [-0.4, -0.2) is 32.1 Å². The molecule has 23 heavy (non-hydrogen) atoms. The summed E-state index contributed by atoms with van der Waals surface area (Å²) in [6.45, 7) is 2.03. The lowest BCUT2D eigenvalue weighted by Gasteiger charge is -2.12. The standard InChI is InChI=1S/C15H22N4O3.ClH/c1-22-13-8-11(3-4-12(13)19-15(16)21)18-14(20)5-2-10-6-7-17-9-10;/h3-4,8,10,17H,2,5-7,9H2,1H3,(H,18,20)(H3,16,19,21);1H. The van der Waals surface area contributed by atoms with Gasteiger partial charge in [0.1, 0.15) is 5.75 Å². The Bertz CT molecular complexity index is 548. The smallest absolute Gasteiger partial charge is 0.316 e. The van der Waals surface area contributed by atoms with Crippen molar-refractivity contribution < 1.29 is 14.3 Å². The van der Waals surface area contributed by atoms with Crippen LogP contribution in [0.3, 0.4) is 0 Å². The monoisotopic (exact) mass is 342 g/mol. The quantitative estimate of drug-likeness (QED) is 0.634. The van der Waals surface area contributed by atoms with Crippen LogP contribution in [0.25, 0.3) is 0 Å². The molecule has 0 spiro atoms. The summed E-state index contributed by atoms with van der Waals surface area (Å²) >= 11 is 0. The van der Waals surface area contributed by atoms with E-state index in [-0.39, 0.29) is 18.3 Å². The van der Waals surface area contributed by atoms with E-state index in [2.05, 4.69) is 16.0 Å². The fourth-order valence-corrected chi connectivity index (χ4v) is 2.52. The molecule has 1 saturated heterocycles. The van der Waals surface area contributed by atoms with E-state index in [0.29, 0.717) is 29.5 Å². The van der Waals surface area contributed by atoms with E-state index in [1.807, 2.05) is 0 Å². The molecule has 1 atom stereocenters. The lowest BCUT2D eigenvalue weighted by atomic mass is 10.0. The Kier molecular flexibility index (Phi) is 7.64. The number of primary amides is 1. The normalized spacial score (nSPS) is 16.3. The van der Waals surface area contributed by atoms with E-state index in [1.165, 1.54) is 7.11 Å². The Labute approximate surface area is 141 Å². The minimum absolute atomic E-state index is 0. The Morgan fingerprint density at radius 2 is 2.17 bits per heavy atom. The molecule has 8 heteroatoms. The zero-order chi connectivity index (χ0) is 15.9. The molecule has 0 aliphatic carbocycles. The number of hydrogen-bond donors (Lipinski definition) is 4. The Morgan fingerprint density at radius 1 is 1.39 bits per heavy atom. The van der Waals surface area contributed by atoms with Crippen molar-refractivity contribution >= 4 is 35.7 Å². The largest absolute Gasteiger partial charge is 0.494 e. The molecule has 1 heterocycles. The fourth-order valence-electron chi connectivity index (χ4n) is 2.52. The average molecular weight is 343 g/mol. The minimum atomic E-state index is -0.666. The molecule has 0 bridgehead atoms. The Balaban J connectivity index is 0.00000264. The number of rotatable bonds is 6. The predicted molar refractivity (Wildman–Crippen MR) is 92.3 cm³/mol. The molecule has 128 valence electrons. The van der Waals surface area contributed by atoms with Crippen LogP contribution in [0.1, 0.15) is 19.3 Å². The van der Waals surface area contributed by atoms with Crippen LogP contribution in [0.5, 0.6) is 5.75 Å². The minimum Gasteiger partial charge on any atom is -0.494 e. The van der Waals surface area contributed by atoms with E-state index in [0.717, 1.165) is 25.9 Å². The van der Waals surface area contributed by atoms with Gasteiger partial charge in [-0.15, -0.1) is 12.4 Å². The van der Waals surface area contributed by atoms with Crippen LogP contribution in [0, 0.1) is 5.92 Å². The first-order chi connectivity index (χ1) is 10.6. The van der Waals surface area contributed by atoms with Gasteiger partial charge in [-0.25, -0.2) is 4.79 Å². The second kappa shape index (κ2) is 9.22. The van der Waals surface area contributed by atoms with Crippen molar-refractivity contribution in [3.8, 4) is 5.75 Å². The topological polar surface area (TPSA) is 105 Å². The third-order valence-electron chi connectivity index (χ3n) is 3.69. The summed E-state index contributed by atoms with van der Waals surface area (Å²) in [6, 6.07) is 4.32. The second-order valence-corrected chi connectivity index (χ2v) is 5.35. The maximum absolute atomic E-state index is 12.0. The van der Waals surface area contributed by atoms with Crippen molar-refractivity contribution in [1.82, 2.24) is 5.32 Å². The molecule has 1 aliphatic rings. The number of halogens is 1. The van der Waals surface area contributed by atoms with E-state index in [1.54, 1.807) is 18.2 Å². The zero-order valence-corrected chi connectivity index (χ0v) is 13.9. The highest BCUT2D eigenvalue weighted by atomic mass is 35.5. The number of anilines is 2. The molecule has 1 unspecified atom stereocenters. The highest BCUT2D eigenvalue weighted by Crippen LogP contribution is 2.28. The number of carbonyl (C=O) groups excluding carboxylic acids is 2. The molecule has 1 fully saturated rings. The summed E-state index contributed by atoms with van der Waals surface area (Å²) in [5.74, 6) is 1.00. The van der Waals surface area contributed by atoms with Gasteiger partial charge in [0.25, 0.3) is 0 Å². The molecule has 1 aromatic carbocycles. The van der Waals surface area contributed by atoms with Crippen LogP contribution >= 0.6 is 12.4 Å². The highest BCUT2D eigenvalue weighted by Gasteiger charge is 2.16. The third-order valence-corrected chi connectivity index (χ3v) is 3.69. The third kappa shape index (κ3) is 5.96. The maximum atomic E-state index is 12.0. The van der Waals surface area contributed by atoms with Gasteiger partial charge in [0, 0.05) is 18.2 Å². The summed E-state index contributed by atoms with van der Waals surface area (Å²) in [7, 11) is 1.49. The molecular weight excluding hydrogens is 320 g/mol. The second-order valence-electron chi connectivity index (χ2n) is 5.35. The van der Waals surface area contributed by atoms with Crippen molar-refractivity contribution in [3.63, 3.8) is 0 Å². The summed E-state index contributed by atoms with van der Waals surface area (Å²) < 4.78 is 5.18. The summed E-state index contributed by atoms with van der Waals surface area (Å²) in [5.41, 5.74) is 6.17. The van der Waals surface area contributed by atoms with Crippen LogP contribution in [-0.2, 0) is 4.79 Å². The molecule has 3 amide bonds. The molecule has 5 N–H and O–H groups in total. The van der Waals surface area contributed by atoms with Gasteiger partial charge in [0.05, 0.1) is 12.8 Å². The van der Waals surface area contributed by atoms with Crippen molar-refractivity contribution in [3.05, 3.63) is 18.2 Å². The van der Waals surface area contributed by atoms with Crippen molar-refractivity contribution in [1.29, 1.82) is 0 Å². The number of urea groups is 1. The fraction of sp³-hybridized carbons (Fsp3) is 0.467. The van der Waals surface area contributed by atoms with Gasteiger partial charge in [-0.1, -0.05) is 0 Å². The first-order valence-electron chi connectivity index (χ1n) is 7.33. The molecule has 1 aliphatic heterocycles. The highest BCUT2D eigenvalue weighted by molar-refractivity contribution is 5.93. The van der Waals surface area contributed by atoms with Crippen LogP contribution in [0.4, 0.5) is 16.2 Å². The molecule has 2 rings (SSSR count). The van der Waals surface area contributed by atoms with Crippen molar-refractivity contribution in [2.45, 2.75) is 19.3 Å². The maximum Gasteiger partial charge on any atom is 0.316 e. The van der Waals surface area contributed by atoms with E-state index in [4.69, 9.17) is 10.5 Å². The van der Waals surface area contributed by atoms with Crippen molar-refractivity contribution in [2.24, 2.45) is 11.7 Å². The molecule has 0 aromatic heterocycles. The molecule has 0 saturated carbocycles. The molecule has 0 radical (unpaired) electrons. The average Bonchev–Trinajstić information content (AvgIpc) is 2.99. The van der Waals surface area contributed by atoms with Gasteiger partial charge in [-0.2, -0.15) is 0 Å². The predicted octanol–water partition coefficient (Wildman–Crippen LogP) is 1.94. The van der Waals surface area contributed by atoms with Gasteiger partial charge < -0.3 is 26.4 Å². The van der Waals surface area contributed by atoms with E-state index < -0.39 is 6.03 Å². The first-order valence-corrected chi connectivity index (χ1v) is 7.33. The first kappa shape index (κ1) is 19.1. The number of benzene rings is 1.